The molecular formula is C27H30ClFN6O2. The van der Waals surface area contributed by atoms with Gasteiger partial charge in [0.1, 0.15) is 5.82 Å². The van der Waals surface area contributed by atoms with Crippen LogP contribution in [0.25, 0.3) is 0 Å². The fourth-order valence-corrected chi connectivity index (χ4v) is 5.26. The standard InChI is InChI=1S/C27H30ClFN6O2/c1-27(2)24-20(16-35(27)23(36)15-19-21(28)5-4-6-22(19)29)25(32-31-24)30-26(37)17-7-9-18(10-8-17)34-13-11-33(3)12-14-34/h4-10H,11-16H2,1-3H3,(H2,30,31,32,37). The molecule has 3 heterocycles. The van der Waals surface area contributed by atoms with E-state index in [2.05, 4.69) is 32.4 Å². The van der Waals surface area contributed by atoms with Crippen LogP contribution in [0.1, 0.15) is 41.0 Å². The molecule has 2 amide bonds. The number of H-pyrrole nitrogens is 1. The second-order valence-corrected chi connectivity index (χ2v) is 10.5. The summed E-state index contributed by atoms with van der Waals surface area (Å²) in [5.41, 5.74) is 2.54. The van der Waals surface area contributed by atoms with Gasteiger partial charge in [-0.05, 0) is 57.3 Å². The smallest absolute Gasteiger partial charge is 0.256 e. The van der Waals surface area contributed by atoms with Gasteiger partial charge in [0, 0.05) is 53.6 Å². The van der Waals surface area contributed by atoms with Crippen molar-refractivity contribution in [3.05, 3.63) is 75.7 Å². The maximum absolute atomic E-state index is 14.3. The van der Waals surface area contributed by atoms with Crippen molar-refractivity contribution in [2.45, 2.75) is 32.4 Å². The van der Waals surface area contributed by atoms with Crippen molar-refractivity contribution < 1.29 is 14.0 Å². The van der Waals surface area contributed by atoms with E-state index < -0.39 is 11.4 Å². The molecule has 0 unspecified atom stereocenters. The van der Waals surface area contributed by atoms with Crippen LogP contribution in [0.15, 0.2) is 42.5 Å². The molecular weight excluding hydrogens is 495 g/mol. The van der Waals surface area contributed by atoms with E-state index in [9.17, 15) is 14.0 Å². The number of fused-ring (bicyclic) bond motifs is 1. The molecule has 1 saturated heterocycles. The number of aromatic amines is 1. The number of anilines is 2. The summed E-state index contributed by atoms with van der Waals surface area (Å²) < 4.78 is 14.3. The highest BCUT2D eigenvalue weighted by Crippen LogP contribution is 2.41. The van der Waals surface area contributed by atoms with Crippen molar-refractivity contribution in [2.24, 2.45) is 0 Å². The average Bonchev–Trinajstić information content (AvgIpc) is 3.39. The highest BCUT2D eigenvalue weighted by atomic mass is 35.5. The zero-order valence-electron chi connectivity index (χ0n) is 21.1. The summed E-state index contributed by atoms with van der Waals surface area (Å²) in [6, 6.07) is 11.9. The van der Waals surface area contributed by atoms with E-state index in [-0.39, 0.29) is 35.4 Å². The molecule has 0 bridgehead atoms. The first-order chi connectivity index (χ1) is 17.6. The van der Waals surface area contributed by atoms with E-state index >= 15 is 0 Å². The molecule has 0 atom stereocenters. The Morgan fingerprint density at radius 1 is 1.11 bits per heavy atom. The number of amides is 2. The van der Waals surface area contributed by atoms with Crippen molar-refractivity contribution in [3.8, 4) is 0 Å². The molecule has 8 nitrogen and oxygen atoms in total. The van der Waals surface area contributed by atoms with Crippen molar-refractivity contribution in [3.63, 3.8) is 0 Å². The molecule has 0 spiro atoms. The molecule has 37 heavy (non-hydrogen) atoms. The number of likely N-dealkylation sites (N-methyl/N-ethyl adjacent to an activating group) is 1. The topological polar surface area (TPSA) is 84.6 Å². The maximum atomic E-state index is 14.3. The molecule has 2 N–H and O–H groups in total. The van der Waals surface area contributed by atoms with Gasteiger partial charge in [-0.3, -0.25) is 14.7 Å². The fraction of sp³-hybridized carbons (Fsp3) is 0.370. The minimum Gasteiger partial charge on any atom is -0.369 e. The minimum atomic E-state index is -0.718. The lowest BCUT2D eigenvalue weighted by Crippen LogP contribution is -2.44. The largest absolute Gasteiger partial charge is 0.369 e. The highest BCUT2D eigenvalue weighted by molar-refractivity contribution is 6.31. The third kappa shape index (κ3) is 4.81. The fourth-order valence-electron chi connectivity index (χ4n) is 5.04. The third-order valence-corrected chi connectivity index (χ3v) is 7.74. The van der Waals surface area contributed by atoms with Crippen LogP contribution in [0, 0.1) is 5.82 Å². The number of carbonyl (C=O) groups excluding carboxylic acids is 2. The zero-order chi connectivity index (χ0) is 26.3. The molecule has 10 heteroatoms. The summed E-state index contributed by atoms with van der Waals surface area (Å²) in [5.74, 6) is -0.668. The molecule has 5 rings (SSSR count). The van der Waals surface area contributed by atoms with E-state index in [0.717, 1.165) is 43.1 Å². The van der Waals surface area contributed by atoms with Gasteiger partial charge in [0.05, 0.1) is 24.2 Å². The molecule has 0 aliphatic carbocycles. The third-order valence-electron chi connectivity index (χ3n) is 7.39. The van der Waals surface area contributed by atoms with Crippen LogP contribution in [0.4, 0.5) is 15.9 Å². The molecule has 0 saturated carbocycles. The van der Waals surface area contributed by atoms with Crippen LogP contribution in [0.5, 0.6) is 0 Å². The number of carbonyl (C=O) groups is 2. The van der Waals surface area contributed by atoms with Gasteiger partial charge in [-0.25, -0.2) is 4.39 Å². The average molecular weight is 525 g/mol. The van der Waals surface area contributed by atoms with Crippen molar-refractivity contribution in [1.82, 2.24) is 20.0 Å². The van der Waals surface area contributed by atoms with Gasteiger partial charge in [-0.2, -0.15) is 5.10 Å². The Balaban J connectivity index is 1.28. The van der Waals surface area contributed by atoms with Gasteiger partial charge in [0.25, 0.3) is 5.91 Å². The van der Waals surface area contributed by atoms with E-state index in [1.165, 1.54) is 12.1 Å². The molecule has 1 fully saturated rings. The van der Waals surface area contributed by atoms with Gasteiger partial charge >= 0.3 is 0 Å². The first-order valence-electron chi connectivity index (χ1n) is 12.3. The molecule has 2 aromatic carbocycles. The highest BCUT2D eigenvalue weighted by Gasteiger charge is 2.43. The molecule has 0 radical (unpaired) electrons. The predicted octanol–water partition coefficient (Wildman–Crippen LogP) is 4.03. The Bertz CT molecular complexity index is 1310. The number of nitrogens with zero attached hydrogens (tertiary/aromatic N) is 4. The lowest BCUT2D eigenvalue weighted by atomic mass is 10.00. The van der Waals surface area contributed by atoms with Gasteiger partial charge in [0.2, 0.25) is 5.91 Å². The van der Waals surface area contributed by atoms with Crippen LogP contribution in [0.3, 0.4) is 0 Å². The quantitative estimate of drug-likeness (QED) is 0.526. The second kappa shape index (κ2) is 9.79. The summed E-state index contributed by atoms with van der Waals surface area (Å²) in [7, 11) is 2.12. The Labute approximate surface area is 220 Å². The Morgan fingerprint density at radius 3 is 2.49 bits per heavy atom. The second-order valence-electron chi connectivity index (χ2n) is 10.1. The molecule has 3 aromatic rings. The number of hydrogen-bond acceptors (Lipinski definition) is 5. The summed E-state index contributed by atoms with van der Waals surface area (Å²) in [6.07, 6.45) is -0.159. The number of rotatable bonds is 5. The SMILES string of the molecule is CN1CCN(c2ccc(C(=O)Nc3n[nH]c4c3CN(C(=O)Cc3c(F)cccc3Cl)C4(C)C)cc2)CC1. The van der Waals surface area contributed by atoms with Gasteiger partial charge < -0.3 is 20.0 Å². The lowest BCUT2D eigenvalue weighted by Gasteiger charge is -2.34. The Hall–Kier alpha value is -3.43. The van der Waals surface area contributed by atoms with Crippen LogP contribution in [-0.4, -0.2) is 65.0 Å². The summed E-state index contributed by atoms with van der Waals surface area (Å²) in [6.45, 7) is 7.94. The molecule has 2 aliphatic rings. The summed E-state index contributed by atoms with van der Waals surface area (Å²) in [5, 5.41) is 10.4. The van der Waals surface area contributed by atoms with Crippen molar-refractivity contribution in [2.75, 3.05) is 43.4 Å². The normalized spacial score (nSPS) is 17.1. The van der Waals surface area contributed by atoms with Gasteiger partial charge in [0.15, 0.2) is 5.82 Å². The summed E-state index contributed by atoms with van der Waals surface area (Å²) >= 11 is 6.14. The number of benzene rings is 2. The maximum Gasteiger partial charge on any atom is 0.256 e. The van der Waals surface area contributed by atoms with E-state index in [1.54, 1.807) is 11.0 Å². The van der Waals surface area contributed by atoms with Gasteiger partial charge in [-0.1, -0.05) is 17.7 Å². The molecule has 2 aliphatic heterocycles. The number of aromatic nitrogens is 2. The monoisotopic (exact) mass is 524 g/mol. The van der Waals surface area contributed by atoms with E-state index in [0.29, 0.717) is 11.4 Å². The van der Waals surface area contributed by atoms with Crippen LogP contribution < -0.4 is 10.2 Å². The number of nitrogens with one attached hydrogen (secondary N) is 2. The number of hydrogen-bond donors (Lipinski definition) is 2. The molecule has 1 aromatic heterocycles. The zero-order valence-corrected chi connectivity index (χ0v) is 21.9. The van der Waals surface area contributed by atoms with Crippen molar-refractivity contribution >= 4 is 34.9 Å². The molecule has 194 valence electrons. The van der Waals surface area contributed by atoms with Crippen LogP contribution in [-0.2, 0) is 23.3 Å². The lowest BCUT2D eigenvalue weighted by molar-refractivity contribution is -0.136. The predicted molar refractivity (Wildman–Crippen MR) is 141 cm³/mol. The minimum absolute atomic E-state index is 0.159. The van der Waals surface area contributed by atoms with E-state index in [1.807, 2.05) is 38.1 Å². The van der Waals surface area contributed by atoms with Crippen molar-refractivity contribution in [1.29, 1.82) is 0 Å². The Kier molecular flexibility index (Phi) is 6.68. The Morgan fingerprint density at radius 2 is 1.81 bits per heavy atom. The summed E-state index contributed by atoms with van der Waals surface area (Å²) in [4.78, 5) is 32.5. The number of halogens is 2. The van der Waals surface area contributed by atoms with Crippen LogP contribution >= 0.6 is 11.6 Å². The van der Waals surface area contributed by atoms with E-state index in [4.69, 9.17) is 11.6 Å². The first kappa shape index (κ1) is 25.2. The van der Waals surface area contributed by atoms with Gasteiger partial charge in [-0.15, -0.1) is 0 Å². The number of piperazine rings is 1. The van der Waals surface area contributed by atoms with Crippen LogP contribution in [0.2, 0.25) is 5.02 Å². The first-order valence-corrected chi connectivity index (χ1v) is 12.7.